The van der Waals surface area contributed by atoms with Crippen LogP contribution in [0.15, 0.2) is 54.6 Å². The van der Waals surface area contributed by atoms with Crippen LogP contribution < -0.4 is 27.5 Å². The van der Waals surface area contributed by atoms with Gasteiger partial charge >= 0.3 is 6.03 Å². The number of primary amides is 1. The third-order valence-electron chi connectivity index (χ3n) is 2.03. The molecule has 0 radical (unpaired) electrons. The Balaban J connectivity index is 0.000000312. The number of carbonyl (C=O) groups excluding carboxylic acids is 1. The van der Waals surface area contributed by atoms with Gasteiger partial charge in [0.05, 0.1) is 5.69 Å². The maximum atomic E-state index is 9.35. The number of anilines is 1. The molecule has 0 fully saturated rings. The van der Waals surface area contributed by atoms with Crippen LogP contribution in [-0.2, 0) is 0 Å². The number of urea groups is 1. The fourth-order valence-corrected chi connectivity index (χ4v) is 1.19. The molecule has 0 saturated carbocycles. The van der Waals surface area contributed by atoms with Gasteiger partial charge in [-0.1, -0.05) is 30.3 Å². The lowest BCUT2D eigenvalue weighted by atomic mass is 10.3. The number of hydrogen-bond donors (Lipinski definition) is 4. The van der Waals surface area contributed by atoms with Crippen molar-refractivity contribution in [2.75, 3.05) is 5.73 Å². The Kier molecular flexibility index (Phi) is 5.71. The minimum Gasteiger partial charge on any atom is -0.455 e. The molecule has 0 heterocycles. The Morgan fingerprint density at radius 3 is 2.05 bits per heavy atom. The highest BCUT2D eigenvalue weighted by Gasteiger charge is 1.98. The third kappa shape index (κ3) is 5.42. The van der Waals surface area contributed by atoms with Crippen LogP contribution in [0.25, 0.3) is 0 Å². The second-order valence-corrected chi connectivity index (χ2v) is 3.46. The summed E-state index contributed by atoms with van der Waals surface area (Å²) in [4.78, 5) is 9.35. The van der Waals surface area contributed by atoms with Crippen LogP contribution in [0.5, 0.6) is 11.5 Å². The number of nitrogens with one attached hydrogen (secondary N) is 1. The average Bonchev–Trinajstić information content (AvgIpc) is 2.43. The zero-order valence-electron chi connectivity index (χ0n) is 10.2. The molecule has 0 aliphatic rings. The molecule has 0 aliphatic heterocycles. The van der Waals surface area contributed by atoms with E-state index in [0.29, 0.717) is 11.4 Å². The largest absolute Gasteiger partial charge is 0.455 e. The van der Waals surface area contributed by atoms with Gasteiger partial charge in [0.25, 0.3) is 0 Å². The van der Waals surface area contributed by atoms with Gasteiger partial charge in [0.1, 0.15) is 11.5 Å². The molecule has 19 heavy (non-hydrogen) atoms. The number of hydrazine groups is 1. The molecule has 0 aliphatic carbocycles. The van der Waals surface area contributed by atoms with Crippen molar-refractivity contribution in [1.82, 2.24) is 5.43 Å². The van der Waals surface area contributed by atoms with E-state index >= 15 is 0 Å². The first kappa shape index (κ1) is 14.3. The smallest absolute Gasteiger partial charge is 0.326 e. The van der Waals surface area contributed by atoms with Crippen molar-refractivity contribution in [3.8, 4) is 11.5 Å². The molecular weight excluding hydrogens is 244 g/mol. The van der Waals surface area contributed by atoms with Crippen LogP contribution in [0.4, 0.5) is 10.5 Å². The average molecular weight is 260 g/mol. The molecule has 100 valence electrons. The highest BCUT2D eigenvalue weighted by atomic mass is 16.5. The highest BCUT2D eigenvalue weighted by Crippen LogP contribution is 2.26. The van der Waals surface area contributed by atoms with E-state index in [1.165, 1.54) is 0 Å². The van der Waals surface area contributed by atoms with Crippen molar-refractivity contribution in [3.63, 3.8) is 0 Å². The first-order chi connectivity index (χ1) is 9.13. The molecule has 0 bridgehead atoms. The van der Waals surface area contributed by atoms with Gasteiger partial charge in [-0.3, -0.25) is 5.43 Å². The van der Waals surface area contributed by atoms with Gasteiger partial charge in [-0.2, -0.15) is 0 Å². The van der Waals surface area contributed by atoms with Crippen LogP contribution in [0.2, 0.25) is 0 Å². The lowest BCUT2D eigenvalue weighted by Gasteiger charge is -2.07. The number of benzene rings is 2. The van der Waals surface area contributed by atoms with E-state index in [2.05, 4.69) is 11.6 Å². The van der Waals surface area contributed by atoms with Crippen LogP contribution >= 0.6 is 0 Å². The molecule has 7 N–H and O–H groups in total. The molecule has 6 heteroatoms. The summed E-state index contributed by atoms with van der Waals surface area (Å²) in [7, 11) is 0. The normalized spacial score (nSPS) is 8.89. The Bertz CT molecular complexity index is 517. The minimum atomic E-state index is -0.718. The van der Waals surface area contributed by atoms with Crippen LogP contribution in [0, 0.1) is 0 Å². The molecule has 0 unspecified atom stereocenters. The van der Waals surface area contributed by atoms with Gasteiger partial charge < -0.3 is 16.2 Å². The van der Waals surface area contributed by atoms with E-state index in [-0.39, 0.29) is 0 Å². The maximum absolute atomic E-state index is 9.35. The van der Waals surface area contributed by atoms with Gasteiger partial charge in [-0.25, -0.2) is 10.6 Å². The van der Waals surface area contributed by atoms with E-state index in [0.717, 1.165) is 5.75 Å². The Morgan fingerprint density at radius 1 is 1.00 bits per heavy atom. The standard InChI is InChI=1S/C12H11NO.CH5N3O/c13-11-8-4-5-9-12(11)14-10-6-2-1-3-7-10;2-1(5)4-3/h1-9H,13H2;3H2,(H3,2,4,5). The van der Waals surface area contributed by atoms with Crippen molar-refractivity contribution in [2.24, 2.45) is 11.6 Å². The summed E-state index contributed by atoms with van der Waals surface area (Å²) in [5.74, 6) is 5.94. The predicted molar refractivity (Wildman–Crippen MR) is 74.3 cm³/mol. The van der Waals surface area contributed by atoms with Crippen molar-refractivity contribution >= 4 is 11.7 Å². The second kappa shape index (κ2) is 7.57. The van der Waals surface area contributed by atoms with Gasteiger partial charge in [-0.15, -0.1) is 0 Å². The number of para-hydroxylation sites is 3. The zero-order valence-corrected chi connectivity index (χ0v) is 10.2. The predicted octanol–water partition coefficient (Wildman–Crippen LogP) is 1.59. The number of carbonyl (C=O) groups is 1. The van der Waals surface area contributed by atoms with E-state index < -0.39 is 6.03 Å². The van der Waals surface area contributed by atoms with Gasteiger partial charge in [-0.05, 0) is 24.3 Å². The summed E-state index contributed by atoms with van der Waals surface area (Å²) in [6.07, 6.45) is 0. The summed E-state index contributed by atoms with van der Waals surface area (Å²) in [6.45, 7) is 0. The Morgan fingerprint density at radius 2 is 1.53 bits per heavy atom. The second-order valence-electron chi connectivity index (χ2n) is 3.46. The Hall–Kier alpha value is -2.73. The minimum absolute atomic E-state index is 0.649. The molecule has 2 amide bonds. The fraction of sp³-hybridized carbons (Fsp3) is 0. The first-order valence-electron chi connectivity index (χ1n) is 5.47. The summed E-state index contributed by atoms with van der Waals surface area (Å²) < 4.78 is 5.58. The van der Waals surface area contributed by atoms with E-state index in [4.69, 9.17) is 10.5 Å². The molecule has 2 rings (SSSR count). The molecule has 0 saturated heterocycles. The van der Waals surface area contributed by atoms with Crippen molar-refractivity contribution < 1.29 is 9.53 Å². The van der Waals surface area contributed by atoms with E-state index in [9.17, 15) is 4.79 Å². The summed E-state index contributed by atoms with van der Waals surface area (Å²) in [5, 5.41) is 0. The molecule has 2 aromatic rings. The third-order valence-corrected chi connectivity index (χ3v) is 2.03. The number of rotatable bonds is 2. The quantitative estimate of drug-likeness (QED) is 0.284. The highest BCUT2D eigenvalue weighted by molar-refractivity contribution is 5.70. The monoisotopic (exact) mass is 260 g/mol. The molecule has 6 nitrogen and oxygen atoms in total. The number of amides is 2. The summed E-state index contributed by atoms with van der Waals surface area (Å²) >= 11 is 0. The van der Waals surface area contributed by atoms with Crippen LogP contribution in [0.1, 0.15) is 0 Å². The molecular formula is C13H16N4O2. The van der Waals surface area contributed by atoms with E-state index in [1.807, 2.05) is 54.6 Å². The lowest BCUT2D eigenvalue weighted by molar-refractivity contribution is 0.249. The molecule has 0 atom stereocenters. The number of nitrogen functional groups attached to an aromatic ring is 1. The van der Waals surface area contributed by atoms with Crippen molar-refractivity contribution in [1.29, 1.82) is 0 Å². The lowest BCUT2D eigenvalue weighted by Crippen LogP contribution is -2.34. The van der Waals surface area contributed by atoms with Gasteiger partial charge in [0.2, 0.25) is 0 Å². The first-order valence-corrected chi connectivity index (χ1v) is 5.47. The maximum Gasteiger partial charge on any atom is 0.326 e. The van der Waals surface area contributed by atoms with Crippen molar-refractivity contribution in [3.05, 3.63) is 54.6 Å². The van der Waals surface area contributed by atoms with Gasteiger partial charge in [0, 0.05) is 0 Å². The zero-order chi connectivity index (χ0) is 14.1. The SMILES string of the molecule is NNC(N)=O.Nc1ccccc1Oc1ccccc1. The fourth-order valence-electron chi connectivity index (χ4n) is 1.19. The number of ether oxygens (including phenoxy) is 1. The molecule has 2 aromatic carbocycles. The summed E-state index contributed by atoms with van der Waals surface area (Å²) in [5.41, 5.74) is 12.5. The van der Waals surface area contributed by atoms with Crippen LogP contribution in [0.3, 0.4) is 0 Å². The van der Waals surface area contributed by atoms with Crippen LogP contribution in [-0.4, -0.2) is 6.03 Å². The molecule has 0 aromatic heterocycles. The number of hydrogen-bond acceptors (Lipinski definition) is 4. The number of nitrogens with two attached hydrogens (primary N) is 3. The van der Waals surface area contributed by atoms with Crippen molar-refractivity contribution in [2.45, 2.75) is 0 Å². The van der Waals surface area contributed by atoms with Gasteiger partial charge in [0.15, 0.2) is 0 Å². The summed E-state index contributed by atoms with van der Waals surface area (Å²) in [6, 6.07) is 16.3. The van der Waals surface area contributed by atoms with E-state index in [1.54, 1.807) is 5.43 Å². The topological polar surface area (TPSA) is 116 Å². The molecule has 0 spiro atoms. The Labute approximate surface area is 111 Å².